The molecule has 9 heteroatoms. The molecule has 0 aliphatic heterocycles. The van der Waals surface area contributed by atoms with Gasteiger partial charge in [0.2, 0.25) is 0 Å². The number of ketones is 1. The Morgan fingerprint density at radius 3 is 2.73 bits per heavy atom. The van der Waals surface area contributed by atoms with Crippen LogP contribution in [0.5, 0.6) is 5.75 Å². The highest BCUT2D eigenvalue weighted by Gasteiger charge is 2.17. The number of methoxy groups -OCH3 is 1. The number of aryl methyl sites for hydroxylation is 1. The maximum Gasteiger partial charge on any atom is 0.184 e. The number of aromatic nitrogens is 3. The average molecular weight is 471 g/mol. The Morgan fingerprint density at radius 1 is 1.12 bits per heavy atom. The monoisotopic (exact) mass is 470 g/mol. The van der Waals surface area contributed by atoms with E-state index >= 15 is 0 Å². The lowest BCUT2D eigenvalue weighted by Crippen LogP contribution is -2.10. The van der Waals surface area contributed by atoms with Gasteiger partial charge in [0.25, 0.3) is 0 Å². The van der Waals surface area contributed by atoms with Crippen molar-refractivity contribution in [3.05, 3.63) is 59.7 Å². The number of carbonyl (C=O) groups is 1. The molecule has 4 rings (SSSR count). The van der Waals surface area contributed by atoms with E-state index in [-0.39, 0.29) is 24.2 Å². The molecule has 33 heavy (non-hydrogen) atoms. The topological polar surface area (TPSA) is 117 Å². The highest BCUT2D eigenvalue weighted by Crippen LogP contribution is 2.35. The Labute approximate surface area is 197 Å². The van der Waals surface area contributed by atoms with Crippen LogP contribution in [0.15, 0.2) is 51.7 Å². The van der Waals surface area contributed by atoms with E-state index in [1.165, 1.54) is 6.26 Å². The minimum atomic E-state index is -0.241. The Hall–Kier alpha value is -3.23. The summed E-state index contributed by atoms with van der Waals surface area (Å²) in [6.45, 7) is 1.96. The number of fused-ring (bicyclic) bond motifs is 1. The zero-order chi connectivity index (χ0) is 22.5. The Kier molecular flexibility index (Phi) is 8.19. The molecule has 1 aromatic carbocycles. The van der Waals surface area contributed by atoms with Crippen molar-refractivity contribution in [3.63, 3.8) is 0 Å². The van der Waals surface area contributed by atoms with Crippen LogP contribution >= 0.6 is 12.4 Å². The van der Waals surface area contributed by atoms with E-state index in [1.54, 1.807) is 13.2 Å². The molecule has 3 heterocycles. The molecule has 0 saturated heterocycles. The van der Waals surface area contributed by atoms with Crippen molar-refractivity contribution in [1.29, 1.82) is 0 Å². The third-order valence-electron chi connectivity index (χ3n) is 5.47. The maximum absolute atomic E-state index is 11.9. The van der Waals surface area contributed by atoms with Gasteiger partial charge in [0.15, 0.2) is 11.5 Å². The second-order valence-electron chi connectivity index (χ2n) is 7.83. The van der Waals surface area contributed by atoms with Gasteiger partial charge in [0, 0.05) is 35.7 Å². The average Bonchev–Trinajstić information content (AvgIpc) is 3.50. The normalized spacial score (nSPS) is 11.8. The van der Waals surface area contributed by atoms with Crippen LogP contribution in [0.3, 0.4) is 0 Å². The van der Waals surface area contributed by atoms with Gasteiger partial charge in [-0.25, -0.2) is 0 Å². The number of Topliss-reactive ketones (excluding diaryl/α,β-unsaturated/α-hetero) is 1. The lowest BCUT2D eigenvalue weighted by molar-refractivity contribution is 0.0970. The van der Waals surface area contributed by atoms with Gasteiger partial charge in [-0.2, -0.15) is 0 Å². The molecule has 4 aromatic rings. The molecule has 0 saturated carbocycles. The number of halogens is 1. The maximum atomic E-state index is 11.9. The number of pyridine rings is 1. The first-order chi connectivity index (χ1) is 15.5. The highest BCUT2D eigenvalue weighted by atomic mass is 35.5. The van der Waals surface area contributed by atoms with Crippen molar-refractivity contribution in [2.75, 3.05) is 7.11 Å². The van der Waals surface area contributed by atoms with Crippen molar-refractivity contribution in [2.45, 2.75) is 45.1 Å². The largest absolute Gasteiger partial charge is 0.496 e. The summed E-state index contributed by atoms with van der Waals surface area (Å²) in [6, 6.07) is 11.1. The molecule has 0 amide bonds. The first-order valence-corrected chi connectivity index (χ1v) is 10.7. The van der Waals surface area contributed by atoms with E-state index in [2.05, 4.69) is 15.3 Å². The molecule has 2 N–H and O–H groups in total. The molecule has 174 valence electrons. The second-order valence-corrected chi connectivity index (χ2v) is 7.83. The van der Waals surface area contributed by atoms with E-state index in [9.17, 15) is 4.79 Å². The van der Waals surface area contributed by atoms with E-state index in [0.29, 0.717) is 29.3 Å². The molecule has 0 spiro atoms. The lowest BCUT2D eigenvalue weighted by Gasteiger charge is -2.08. The predicted octanol–water partition coefficient (Wildman–Crippen LogP) is 5.45. The number of carbonyl (C=O) groups excluding carboxylic acids is 1. The van der Waals surface area contributed by atoms with Gasteiger partial charge in [0.05, 0.1) is 24.2 Å². The van der Waals surface area contributed by atoms with Gasteiger partial charge in [-0.15, -0.1) is 12.4 Å². The first kappa shape index (κ1) is 24.4. The zero-order valence-electron chi connectivity index (χ0n) is 18.6. The number of unbranched alkanes of at least 4 members (excludes halogenated alkanes) is 2. The fraction of sp³-hybridized carbons (Fsp3) is 0.333. The number of hydrogen-bond donors (Lipinski definition) is 1. The molecule has 0 fully saturated rings. The van der Waals surface area contributed by atoms with Crippen LogP contribution in [0.4, 0.5) is 0 Å². The van der Waals surface area contributed by atoms with E-state index < -0.39 is 0 Å². The number of nitrogens with zero attached hydrogens (tertiary/aromatic N) is 3. The zero-order valence-corrected chi connectivity index (χ0v) is 19.4. The summed E-state index contributed by atoms with van der Waals surface area (Å²) in [7, 11) is 1.62. The van der Waals surface area contributed by atoms with E-state index in [4.69, 9.17) is 19.5 Å². The van der Waals surface area contributed by atoms with Crippen molar-refractivity contribution < 1.29 is 18.6 Å². The number of rotatable bonds is 10. The summed E-state index contributed by atoms with van der Waals surface area (Å²) in [5.74, 6) is 1.27. The van der Waals surface area contributed by atoms with Crippen LogP contribution in [0.1, 0.15) is 60.0 Å². The van der Waals surface area contributed by atoms with Crippen LogP contribution in [0.25, 0.3) is 22.2 Å². The summed E-state index contributed by atoms with van der Waals surface area (Å²) >= 11 is 0. The van der Waals surface area contributed by atoms with Crippen molar-refractivity contribution >= 4 is 29.1 Å². The lowest BCUT2D eigenvalue weighted by atomic mass is 10.0. The number of benzene rings is 1. The van der Waals surface area contributed by atoms with Crippen molar-refractivity contribution in [3.8, 4) is 17.1 Å². The molecule has 0 aliphatic rings. The fourth-order valence-electron chi connectivity index (χ4n) is 3.66. The smallest absolute Gasteiger partial charge is 0.184 e. The molecule has 8 nitrogen and oxygen atoms in total. The predicted molar refractivity (Wildman–Crippen MR) is 127 cm³/mol. The van der Waals surface area contributed by atoms with E-state index in [0.717, 1.165) is 47.8 Å². The van der Waals surface area contributed by atoms with Crippen molar-refractivity contribution in [1.82, 2.24) is 15.3 Å². The summed E-state index contributed by atoms with van der Waals surface area (Å²) in [5.41, 5.74) is 10.0. The van der Waals surface area contributed by atoms with Crippen LogP contribution in [0, 0.1) is 6.92 Å². The SMILES string of the molecule is COc1cc2nc(C)ccc2cc1-c1cc(C(N)CCCCCC(=O)c2ccon2)no1.Cl. The summed E-state index contributed by atoms with van der Waals surface area (Å²) < 4.78 is 15.9. The number of nitrogens with two attached hydrogens (primary N) is 1. The minimum absolute atomic E-state index is 0. The highest BCUT2D eigenvalue weighted by molar-refractivity contribution is 5.93. The summed E-state index contributed by atoms with van der Waals surface area (Å²) in [5, 5.41) is 8.84. The summed E-state index contributed by atoms with van der Waals surface area (Å²) in [6.07, 6.45) is 5.18. The number of hydrogen-bond acceptors (Lipinski definition) is 8. The summed E-state index contributed by atoms with van der Waals surface area (Å²) in [4.78, 5) is 16.5. The molecule has 1 unspecified atom stereocenters. The molecule has 0 bridgehead atoms. The molecule has 0 radical (unpaired) electrons. The van der Waals surface area contributed by atoms with Crippen LogP contribution in [-0.4, -0.2) is 28.2 Å². The van der Waals surface area contributed by atoms with Crippen LogP contribution < -0.4 is 10.5 Å². The molecular weight excluding hydrogens is 444 g/mol. The van der Waals surface area contributed by atoms with Crippen molar-refractivity contribution in [2.24, 2.45) is 5.73 Å². The Balaban J connectivity index is 0.00000306. The van der Waals surface area contributed by atoms with Gasteiger partial charge in [-0.05, 0) is 31.9 Å². The third-order valence-corrected chi connectivity index (χ3v) is 5.47. The van der Waals surface area contributed by atoms with Crippen LogP contribution in [-0.2, 0) is 0 Å². The van der Waals surface area contributed by atoms with Gasteiger partial charge < -0.3 is 19.5 Å². The van der Waals surface area contributed by atoms with Gasteiger partial charge in [0.1, 0.15) is 23.4 Å². The minimum Gasteiger partial charge on any atom is -0.496 e. The number of ether oxygens (including phenoxy) is 1. The Bertz CT molecular complexity index is 1210. The standard InChI is InChI=1S/C24H26N4O4.ClH/c1-15-8-9-16-12-17(23(30-2)13-20(16)26-15)24-14-21(28-32-24)18(25)6-4-3-5-7-22(29)19-10-11-31-27-19;/h8-14,18H,3-7,25H2,1-2H3;1H. The van der Waals surface area contributed by atoms with Crippen LogP contribution in [0.2, 0.25) is 0 Å². The molecule has 3 aromatic heterocycles. The first-order valence-electron chi connectivity index (χ1n) is 10.7. The Morgan fingerprint density at radius 2 is 1.97 bits per heavy atom. The quantitative estimate of drug-likeness (QED) is 0.240. The van der Waals surface area contributed by atoms with Gasteiger partial charge >= 0.3 is 0 Å². The van der Waals surface area contributed by atoms with Gasteiger partial charge in [-0.3, -0.25) is 9.78 Å². The molecule has 0 aliphatic carbocycles. The van der Waals surface area contributed by atoms with Gasteiger partial charge in [-0.1, -0.05) is 29.2 Å². The molecule has 1 atom stereocenters. The molecular formula is C24H27ClN4O4. The second kappa shape index (κ2) is 11.1. The third kappa shape index (κ3) is 5.77. The fourth-order valence-corrected chi connectivity index (χ4v) is 3.66. The van der Waals surface area contributed by atoms with E-state index in [1.807, 2.05) is 37.3 Å².